The van der Waals surface area contributed by atoms with Crippen LogP contribution in [0.1, 0.15) is 66.3 Å². The van der Waals surface area contributed by atoms with Gasteiger partial charge in [0.15, 0.2) is 0 Å². The fourth-order valence-corrected chi connectivity index (χ4v) is 3.32. The average molecular weight is 533 g/mol. The number of hydrogen-bond donors (Lipinski definition) is 0. The topological polar surface area (TPSA) is 88.1 Å². The first kappa shape index (κ1) is 30.8. The molecule has 7 nitrogen and oxygen atoms in total. The third-order valence-corrected chi connectivity index (χ3v) is 5.28. The van der Waals surface area contributed by atoms with Crippen molar-refractivity contribution < 1.29 is 33.3 Å². The van der Waals surface area contributed by atoms with E-state index >= 15 is 0 Å². The highest BCUT2D eigenvalue weighted by atomic mass is 16.5. The summed E-state index contributed by atoms with van der Waals surface area (Å²) in [5, 5.41) is 0. The zero-order valence-electron chi connectivity index (χ0n) is 22.8. The highest BCUT2D eigenvalue weighted by Crippen LogP contribution is 2.21. The second-order valence-electron chi connectivity index (χ2n) is 8.15. The van der Waals surface area contributed by atoms with Gasteiger partial charge in [-0.3, -0.25) is 0 Å². The minimum atomic E-state index is -0.521. The molecule has 0 heterocycles. The van der Waals surface area contributed by atoms with Crippen molar-refractivity contribution in [2.75, 3.05) is 13.2 Å². The number of ether oxygens (including phenoxy) is 4. The normalized spacial score (nSPS) is 9.92. The molecule has 3 aromatic carbocycles. The number of rotatable bonds is 13. The van der Waals surface area contributed by atoms with Crippen molar-refractivity contribution in [3.05, 3.63) is 102 Å². The van der Waals surface area contributed by atoms with Crippen LogP contribution in [0.4, 0.5) is 0 Å². The molecule has 206 valence electrons. The van der Waals surface area contributed by atoms with Crippen LogP contribution in [0, 0.1) is 0 Å². The zero-order valence-corrected chi connectivity index (χ0v) is 22.8. The predicted molar refractivity (Wildman–Crippen MR) is 150 cm³/mol. The molecule has 0 radical (unpaired) electrons. The number of benzene rings is 3. The van der Waals surface area contributed by atoms with Gasteiger partial charge in [-0.2, -0.15) is 0 Å². The quantitative estimate of drug-likeness (QED) is 0.101. The summed E-state index contributed by atoms with van der Waals surface area (Å²) < 4.78 is 21.3. The standard InChI is InChI=1S/C30H30O7.C2H6/c1-3-7-22-8-10-23(11-9-22)29(32)36-26-16-18-27(19-17-26)37-30(33)24-12-14-25(15-13-24)34-20-5-6-21-35-28(31)4-2;1-2/h4,8-19H,2-3,5-7,20-21H2,1H3;1-2H3. The van der Waals surface area contributed by atoms with Gasteiger partial charge in [0, 0.05) is 6.08 Å². The number of unbranched alkanes of at least 4 members (excludes halogenated alkanes) is 1. The maximum atomic E-state index is 12.5. The molecule has 0 aliphatic carbocycles. The third kappa shape index (κ3) is 10.9. The minimum Gasteiger partial charge on any atom is -0.494 e. The summed E-state index contributed by atoms with van der Waals surface area (Å²) >= 11 is 0. The third-order valence-electron chi connectivity index (χ3n) is 5.28. The molecule has 0 fully saturated rings. The Balaban J connectivity index is 0.00000260. The minimum absolute atomic E-state index is 0.315. The van der Waals surface area contributed by atoms with E-state index in [0.29, 0.717) is 54.4 Å². The summed E-state index contributed by atoms with van der Waals surface area (Å²) in [5.74, 6) is -0.120. The van der Waals surface area contributed by atoms with Crippen LogP contribution < -0.4 is 14.2 Å². The van der Waals surface area contributed by atoms with E-state index in [1.807, 2.05) is 26.0 Å². The Morgan fingerprint density at radius 2 is 1.15 bits per heavy atom. The molecule has 0 bridgehead atoms. The van der Waals surface area contributed by atoms with Crippen molar-refractivity contribution >= 4 is 17.9 Å². The van der Waals surface area contributed by atoms with Gasteiger partial charge in [0.25, 0.3) is 0 Å². The summed E-state index contributed by atoms with van der Waals surface area (Å²) in [7, 11) is 0. The summed E-state index contributed by atoms with van der Waals surface area (Å²) in [5.41, 5.74) is 2.01. The van der Waals surface area contributed by atoms with Crippen LogP contribution in [0.5, 0.6) is 17.2 Å². The van der Waals surface area contributed by atoms with Gasteiger partial charge in [-0.15, -0.1) is 0 Å². The molecule has 0 aliphatic rings. The van der Waals surface area contributed by atoms with Gasteiger partial charge in [-0.05, 0) is 85.5 Å². The van der Waals surface area contributed by atoms with E-state index in [-0.39, 0.29) is 0 Å². The van der Waals surface area contributed by atoms with E-state index in [1.54, 1.807) is 60.7 Å². The average Bonchev–Trinajstić information content (AvgIpc) is 2.97. The molecule has 0 saturated carbocycles. The lowest BCUT2D eigenvalue weighted by atomic mass is 10.1. The fourth-order valence-electron chi connectivity index (χ4n) is 3.32. The molecule has 0 amide bonds. The van der Waals surface area contributed by atoms with Gasteiger partial charge in [0.05, 0.1) is 24.3 Å². The summed E-state index contributed by atoms with van der Waals surface area (Å²) in [6.45, 7) is 10.2. The molecule has 0 unspecified atom stereocenters. The molecule has 0 spiro atoms. The lowest BCUT2D eigenvalue weighted by Crippen LogP contribution is -2.10. The Morgan fingerprint density at radius 3 is 1.64 bits per heavy atom. The predicted octanol–water partition coefficient (Wildman–Crippen LogP) is 6.99. The molecule has 3 rings (SSSR count). The molecule has 3 aromatic rings. The molecule has 0 aromatic heterocycles. The lowest BCUT2D eigenvalue weighted by Gasteiger charge is -2.09. The first-order chi connectivity index (χ1) is 19.0. The number of carbonyl (C=O) groups excluding carboxylic acids is 3. The SMILES string of the molecule is C=CC(=O)OCCCCOc1ccc(C(=O)Oc2ccc(OC(=O)c3ccc(CCC)cc3)cc2)cc1.CC. The van der Waals surface area contributed by atoms with Crippen LogP contribution in [-0.4, -0.2) is 31.1 Å². The number of hydrogen-bond acceptors (Lipinski definition) is 7. The Hall–Kier alpha value is -4.39. The van der Waals surface area contributed by atoms with E-state index < -0.39 is 17.9 Å². The second-order valence-corrected chi connectivity index (χ2v) is 8.15. The van der Waals surface area contributed by atoms with Crippen LogP contribution in [0.25, 0.3) is 0 Å². The largest absolute Gasteiger partial charge is 0.494 e. The Kier molecular flexibility index (Phi) is 13.6. The van der Waals surface area contributed by atoms with Gasteiger partial charge in [0.1, 0.15) is 17.2 Å². The summed E-state index contributed by atoms with van der Waals surface area (Å²) in [4.78, 5) is 35.8. The lowest BCUT2D eigenvalue weighted by molar-refractivity contribution is -0.137. The Labute approximate surface area is 230 Å². The van der Waals surface area contributed by atoms with Crippen molar-refractivity contribution in [3.63, 3.8) is 0 Å². The first-order valence-corrected chi connectivity index (χ1v) is 13.1. The van der Waals surface area contributed by atoms with Gasteiger partial charge < -0.3 is 18.9 Å². The van der Waals surface area contributed by atoms with Crippen LogP contribution in [0.2, 0.25) is 0 Å². The van der Waals surface area contributed by atoms with Crippen molar-refractivity contribution in [2.45, 2.75) is 46.5 Å². The summed E-state index contributed by atoms with van der Waals surface area (Å²) in [6.07, 6.45) is 4.52. The molecular formula is C32H36O7. The Bertz CT molecular complexity index is 1180. The molecule has 39 heavy (non-hydrogen) atoms. The molecule has 0 aliphatic heterocycles. The van der Waals surface area contributed by atoms with E-state index in [1.165, 1.54) is 5.56 Å². The van der Waals surface area contributed by atoms with Gasteiger partial charge in [-0.25, -0.2) is 14.4 Å². The molecule has 0 N–H and O–H groups in total. The van der Waals surface area contributed by atoms with Crippen LogP contribution >= 0.6 is 0 Å². The van der Waals surface area contributed by atoms with Gasteiger partial charge >= 0.3 is 17.9 Å². The number of aryl methyl sites for hydroxylation is 1. The summed E-state index contributed by atoms with van der Waals surface area (Å²) in [6, 6.07) is 20.2. The molecular weight excluding hydrogens is 496 g/mol. The van der Waals surface area contributed by atoms with Crippen LogP contribution in [-0.2, 0) is 16.0 Å². The van der Waals surface area contributed by atoms with Gasteiger partial charge in [-0.1, -0.05) is 45.9 Å². The van der Waals surface area contributed by atoms with Crippen molar-refractivity contribution in [2.24, 2.45) is 0 Å². The molecule has 7 heteroatoms. The molecule has 0 saturated heterocycles. The maximum absolute atomic E-state index is 12.5. The van der Waals surface area contributed by atoms with E-state index in [9.17, 15) is 14.4 Å². The number of carbonyl (C=O) groups is 3. The van der Waals surface area contributed by atoms with E-state index in [4.69, 9.17) is 18.9 Å². The van der Waals surface area contributed by atoms with E-state index in [2.05, 4.69) is 13.5 Å². The smallest absolute Gasteiger partial charge is 0.343 e. The maximum Gasteiger partial charge on any atom is 0.343 e. The highest BCUT2D eigenvalue weighted by molar-refractivity contribution is 5.92. The van der Waals surface area contributed by atoms with Crippen LogP contribution in [0.15, 0.2) is 85.5 Å². The highest BCUT2D eigenvalue weighted by Gasteiger charge is 2.11. The van der Waals surface area contributed by atoms with Crippen molar-refractivity contribution in [3.8, 4) is 17.2 Å². The number of esters is 3. The van der Waals surface area contributed by atoms with Crippen molar-refractivity contribution in [1.29, 1.82) is 0 Å². The fraction of sp³-hybridized carbons (Fsp3) is 0.281. The van der Waals surface area contributed by atoms with Crippen molar-refractivity contribution in [1.82, 2.24) is 0 Å². The monoisotopic (exact) mass is 532 g/mol. The zero-order chi connectivity index (χ0) is 28.5. The Morgan fingerprint density at radius 1 is 0.692 bits per heavy atom. The van der Waals surface area contributed by atoms with E-state index in [0.717, 1.165) is 18.9 Å². The van der Waals surface area contributed by atoms with Gasteiger partial charge in [0.2, 0.25) is 0 Å². The molecule has 0 atom stereocenters. The van der Waals surface area contributed by atoms with Crippen LogP contribution in [0.3, 0.4) is 0 Å². The first-order valence-electron chi connectivity index (χ1n) is 13.1. The second kappa shape index (κ2) is 17.2.